The normalized spacial score (nSPS) is 24.9. The predicted octanol–water partition coefficient (Wildman–Crippen LogP) is 1.84. The van der Waals surface area contributed by atoms with Crippen LogP contribution in [0.1, 0.15) is 17.2 Å². The summed E-state index contributed by atoms with van der Waals surface area (Å²) in [5, 5.41) is 4.41. The van der Waals surface area contributed by atoms with E-state index >= 15 is 0 Å². The lowest BCUT2D eigenvalue weighted by molar-refractivity contribution is -0.122. The number of amides is 2. The number of thioether (sulfide) groups is 1. The molecule has 4 rings (SSSR count). The lowest BCUT2D eigenvalue weighted by atomic mass is 10.1. The maximum absolute atomic E-state index is 12.9. The van der Waals surface area contributed by atoms with Crippen LogP contribution in [0.5, 0.6) is 0 Å². The number of carbonyl (C=O) groups is 2. The number of aryl methyl sites for hydroxylation is 1. The zero-order valence-electron chi connectivity index (χ0n) is 14.0. The van der Waals surface area contributed by atoms with Gasteiger partial charge in [-0.25, -0.2) is 4.90 Å². The molecule has 2 aliphatic heterocycles. The molecule has 0 saturated carbocycles. The van der Waals surface area contributed by atoms with E-state index in [0.29, 0.717) is 10.9 Å². The van der Waals surface area contributed by atoms with Gasteiger partial charge >= 0.3 is 0 Å². The molecule has 1 aromatic carbocycles. The molecule has 2 atom stereocenters. The van der Waals surface area contributed by atoms with Gasteiger partial charge in [-0.3, -0.25) is 19.2 Å². The first-order valence-electron chi connectivity index (χ1n) is 8.39. The molecule has 130 valence electrons. The molecule has 2 aliphatic rings. The molecule has 2 amide bonds. The van der Waals surface area contributed by atoms with Crippen molar-refractivity contribution in [2.75, 3.05) is 23.7 Å². The van der Waals surface area contributed by atoms with Gasteiger partial charge in [0.05, 0.1) is 24.3 Å². The van der Waals surface area contributed by atoms with Gasteiger partial charge in [0, 0.05) is 37.3 Å². The lowest BCUT2D eigenvalue weighted by Gasteiger charge is -2.35. The molecule has 25 heavy (non-hydrogen) atoms. The highest BCUT2D eigenvalue weighted by Crippen LogP contribution is 2.35. The summed E-state index contributed by atoms with van der Waals surface area (Å²) < 4.78 is 1.60. The summed E-state index contributed by atoms with van der Waals surface area (Å²) in [5.41, 5.74) is 1.84. The van der Waals surface area contributed by atoms with Gasteiger partial charge in [-0.2, -0.15) is 16.9 Å². The van der Waals surface area contributed by atoms with Gasteiger partial charge in [0.25, 0.3) is 5.91 Å². The van der Waals surface area contributed by atoms with Crippen molar-refractivity contribution >= 4 is 29.3 Å². The van der Waals surface area contributed by atoms with Gasteiger partial charge < -0.3 is 0 Å². The molecule has 7 heteroatoms. The van der Waals surface area contributed by atoms with E-state index in [-0.39, 0.29) is 24.3 Å². The second-order valence-electron chi connectivity index (χ2n) is 6.42. The van der Waals surface area contributed by atoms with Crippen LogP contribution in [0.3, 0.4) is 0 Å². The number of carbonyl (C=O) groups excluding carboxylic acids is 2. The highest BCUT2D eigenvalue weighted by Gasteiger charge is 2.44. The van der Waals surface area contributed by atoms with Crippen molar-refractivity contribution in [1.82, 2.24) is 14.7 Å². The largest absolute Gasteiger partial charge is 0.289 e. The summed E-state index contributed by atoms with van der Waals surface area (Å²) in [6.07, 6.45) is 3.52. The molecule has 1 aromatic heterocycles. The van der Waals surface area contributed by atoms with Crippen LogP contribution in [-0.4, -0.2) is 51.4 Å². The first-order valence-corrected chi connectivity index (χ1v) is 9.44. The predicted molar refractivity (Wildman–Crippen MR) is 97.3 cm³/mol. The number of rotatable bonds is 3. The first-order chi connectivity index (χ1) is 12.1. The molecule has 0 bridgehead atoms. The van der Waals surface area contributed by atoms with Crippen molar-refractivity contribution in [3.05, 3.63) is 48.3 Å². The van der Waals surface area contributed by atoms with E-state index < -0.39 is 0 Å². The Hall–Kier alpha value is -2.12. The molecule has 2 aromatic rings. The lowest BCUT2D eigenvalue weighted by Crippen LogP contribution is -2.46. The van der Waals surface area contributed by atoms with Gasteiger partial charge in [-0.05, 0) is 5.56 Å². The molecular weight excluding hydrogens is 336 g/mol. The van der Waals surface area contributed by atoms with Gasteiger partial charge in [0.1, 0.15) is 0 Å². The minimum absolute atomic E-state index is 0.128. The third kappa shape index (κ3) is 3.09. The number of hydrogen-bond acceptors (Lipinski definition) is 5. The zero-order valence-corrected chi connectivity index (χ0v) is 14.9. The highest BCUT2D eigenvalue weighted by molar-refractivity contribution is 7.99. The van der Waals surface area contributed by atoms with Crippen molar-refractivity contribution in [3.63, 3.8) is 0 Å². The van der Waals surface area contributed by atoms with Gasteiger partial charge in [-0.15, -0.1) is 0 Å². The average molecular weight is 356 g/mol. The van der Waals surface area contributed by atoms with Crippen LogP contribution in [0, 0.1) is 0 Å². The molecule has 0 spiro atoms. The van der Waals surface area contributed by atoms with Crippen LogP contribution >= 0.6 is 11.8 Å². The molecule has 2 unspecified atom stereocenters. The Balaban J connectivity index is 1.52. The highest BCUT2D eigenvalue weighted by atomic mass is 32.2. The third-order valence-corrected chi connectivity index (χ3v) is 6.02. The standard InChI is InChI=1S/C18H20N4O2S/c1-20-11-14(10-19-20)22-17(23)9-15(18(22)24)21-7-8-25-16(12-21)13-5-3-2-4-6-13/h2-6,10-11,15-16H,7-9,12H2,1H3. The monoisotopic (exact) mass is 356 g/mol. The third-order valence-electron chi connectivity index (χ3n) is 4.78. The Labute approximate surface area is 150 Å². The second-order valence-corrected chi connectivity index (χ2v) is 7.74. The summed E-state index contributed by atoms with van der Waals surface area (Å²) in [5.74, 6) is 0.693. The van der Waals surface area contributed by atoms with E-state index in [4.69, 9.17) is 0 Å². The minimum atomic E-state index is -0.361. The van der Waals surface area contributed by atoms with E-state index in [1.165, 1.54) is 10.5 Å². The molecule has 0 N–H and O–H groups in total. The molecule has 3 heterocycles. The van der Waals surface area contributed by atoms with Gasteiger partial charge in [-0.1, -0.05) is 30.3 Å². The molecule has 0 aliphatic carbocycles. The van der Waals surface area contributed by atoms with Crippen LogP contribution in [0.2, 0.25) is 0 Å². The molecule has 2 fully saturated rings. The van der Waals surface area contributed by atoms with E-state index in [2.05, 4.69) is 22.1 Å². The number of hydrogen-bond donors (Lipinski definition) is 0. The Kier molecular flexibility index (Phi) is 4.35. The van der Waals surface area contributed by atoms with Crippen LogP contribution < -0.4 is 4.90 Å². The van der Waals surface area contributed by atoms with Crippen molar-refractivity contribution in [2.24, 2.45) is 7.05 Å². The first kappa shape index (κ1) is 16.4. The topological polar surface area (TPSA) is 58.4 Å². The fraction of sp³-hybridized carbons (Fsp3) is 0.389. The van der Waals surface area contributed by atoms with Crippen molar-refractivity contribution < 1.29 is 9.59 Å². The number of benzene rings is 1. The van der Waals surface area contributed by atoms with Crippen molar-refractivity contribution in [1.29, 1.82) is 0 Å². The quantitative estimate of drug-likeness (QED) is 0.786. The Morgan fingerprint density at radius 1 is 1.20 bits per heavy atom. The molecule has 0 radical (unpaired) electrons. The fourth-order valence-electron chi connectivity index (χ4n) is 3.52. The maximum Gasteiger partial charge on any atom is 0.251 e. The van der Waals surface area contributed by atoms with Gasteiger partial charge in [0.15, 0.2) is 0 Å². The Bertz CT molecular complexity index is 791. The fourth-order valence-corrected chi connectivity index (χ4v) is 4.79. The van der Waals surface area contributed by atoms with Crippen LogP contribution in [-0.2, 0) is 16.6 Å². The second kappa shape index (κ2) is 6.65. The van der Waals surface area contributed by atoms with Crippen molar-refractivity contribution in [2.45, 2.75) is 17.7 Å². The van der Waals surface area contributed by atoms with Crippen LogP contribution in [0.4, 0.5) is 5.69 Å². The summed E-state index contributed by atoms with van der Waals surface area (Å²) in [6, 6.07) is 10.0. The van der Waals surface area contributed by atoms with Crippen molar-refractivity contribution in [3.8, 4) is 0 Å². The summed E-state index contributed by atoms with van der Waals surface area (Å²) in [6.45, 7) is 1.62. The minimum Gasteiger partial charge on any atom is -0.289 e. The zero-order chi connectivity index (χ0) is 17.4. The molecular formula is C18H20N4O2S. The van der Waals surface area contributed by atoms with E-state index in [9.17, 15) is 9.59 Å². The SMILES string of the molecule is Cn1cc(N2C(=O)CC(N3CCSC(c4ccccc4)C3)C2=O)cn1. The summed E-state index contributed by atoms with van der Waals surface area (Å²) in [4.78, 5) is 28.8. The van der Waals surface area contributed by atoms with E-state index in [1.807, 2.05) is 30.0 Å². The number of aromatic nitrogens is 2. The Morgan fingerprint density at radius 3 is 2.72 bits per heavy atom. The summed E-state index contributed by atoms with van der Waals surface area (Å²) in [7, 11) is 1.78. The van der Waals surface area contributed by atoms with Gasteiger partial charge in [0.2, 0.25) is 5.91 Å². The summed E-state index contributed by atoms with van der Waals surface area (Å²) >= 11 is 1.92. The van der Waals surface area contributed by atoms with Crippen LogP contribution in [0.25, 0.3) is 0 Å². The number of nitrogens with zero attached hydrogens (tertiary/aromatic N) is 4. The Morgan fingerprint density at radius 2 is 2.00 bits per heavy atom. The number of imide groups is 1. The van der Waals surface area contributed by atoms with E-state index in [0.717, 1.165) is 18.8 Å². The smallest absolute Gasteiger partial charge is 0.251 e. The number of anilines is 1. The maximum atomic E-state index is 12.9. The average Bonchev–Trinajstić information content (AvgIpc) is 3.18. The molecule has 2 saturated heterocycles. The molecule has 6 nitrogen and oxygen atoms in total. The van der Waals surface area contributed by atoms with E-state index in [1.54, 1.807) is 24.1 Å². The van der Waals surface area contributed by atoms with Crippen LogP contribution in [0.15, 0.2) is 42.7 Å².